The van der Waals surface area contributed by atoms with Gasteiger partial charge in [-0.2, -0.15) is 15.0 Å². The Morgan fingerprint density at radius 2 is 2.00 bits per heavy atom. The van der Waals surface area contributed by atoms with Crippen LogP contribution in [0, 0.1) is 13.8 Å². The lowest BCUT2D eigenvalue weighted by atomic mass is 10.4. The van der Waals surface area contributed by atoms with E-state index < -0.39 is 0 Å². The molecule has 0 saturated carbocycles. The number of aromatic nitrogens is 5. The SMILES string of the molecule is CCCNc1nc(OCC)nc(-n2cnc(C)c2C)n1. The van der Waals surface area contributed by atoms with Crippen LogP contribution in [0.4, 0.5) is 5.95 Å². The first-order valence-corrected chi connectivity index (χ1v) is 6.79. The van der Waals surface area contributed by atoms with E-state index in [0.717, 1.165) is 24.4 Å². The fourth-order valence-electron chi connectivity index (χ4n) is 1.66. The van der Waals surface area contributed by atoms with Gasteiger partial charge in [-0.15, -0.1) is 0 Å². The van der Waals surface area contributed by atoms with Crippen LogP contribution in [-0.2, 0) is 0 Å². The largest absolute Gasteiger partial charge is 0.464 e. The fraction of sp³-hybridized carbons (Fsp3) is 0.538. The number of nitrogens with one attached hydrogen (secondary N) is 1. The molecule has 7 heteroatoms. The third-order valence-electron chi connectivity index (χ3n) is 2.88. The number of anilines is 1. The van der Waals surface area contributed by atoms with E-state index in [9.17, 15) is 0 Å². The minimum atomic E-state index is 0.321. The molecule has 0 saturated heterocycles. The summed E-state index contributed by atoms with van der Waals surface area (Å²) < 4.78 is 7.23. The number of imidazole rings is 1. The predicted octanol–water partition coefficient (Wildman–Crippen LogP) is 1.89. The summed E-state index contributed by atoms with van der Waals surface area (Å²) in [5.41, 5.74) is 1.95. The molecule has 2 aromatic heterocycles. The summed E-state index contributed by atoms with van der Waals surface area (Å²) in [4.78, 5) is 17.2. The van der Waals surface area contributed by atoms with E-state index in [1.54, 1.807) is 6.33 Å². The van der Waals surface area contributed by atoms with Gasteiger partial charge in [-0.25, -0.2) is 4.98 Å². The molecule has 7 nitrogen and oxygen atoms in total. The second-order valence-electron chi connectivity index (χ2n) is 4.39. The quantitative estimate of drug-likeness (QED) is 0.868. The minimum Gasteiger partial charge on any atom is -0.464 e. The van der Waals surface area contributed by atoms with Crippen molar-refractivity contribution in [2.24, 2.45) is 0 Å². The normalized spacial score (nSPS) is 10.6. The smallest absolute Gasteiger partial charge is 0.323 e. The molecule has 0 radical (unpaired) electrons. The molecule has 0 aromatic carbocycles. The van der Waals surface area contributed by atoms with Gasteiger partial charge >= 0.3 is 6.01 Å². The minimum absolute atomic E-state index is 0.321. The molecule has 2 rings (SSSR count). The van der Waals surface area contributed by atoms with E-state index in [0.29, 0.717) is 24.5 Å². The maximum Gasteiger partial charge on any atom is 0.323 e. The van der Waals surface area contributed by atoms with Crippen LogP contribution in [0.3, 0.4) is 0 Å². The molecule has 0 amide bonds. The lowest BCUT2D eigenvalue weighted by molar-refractivity contribution is 0.311. The van der Waals surface area contributed by atoms with E-state index >= 15 is 0 Å². The summed E-state index contributed by atoms with van der Waals surface area (Å²) in [6.45, 7) is 9.23. The van der Waals surface area contributed by atoms with Crippen molar-refractivity contribution in [3.05, 3.63) is 17.7 Å². The molecular formula is C13H20N6O. The van der Waals surface area contributed by atoms with Crippen molar-refractivity contribution in [3.63, 3.8) is 0 Å². The molecule has 108 valence electrons. The van der Waals surface area contributed by atoms with Crippen LogP contribution in [0.15, 0.2) is 6.33 Å². The highest BCUT2D eigenvalue weighted by atomic mass is 16.5. The van der Waals surface area contributed by atoms with E-state index in [2.05, 4.69) is 32.2 Å². The molecule has 20 heavy (non-hydrogen) atoms. The Kier molecular flexibility index (Phi) is 4.49. The van der Waals surface area contributed by atoms with Gasteiger partial charge in [-0.3, -0.25) is 4.57 Å². The van der Waals surface area contributed by atoms with Crippen molar-refractivity contribution >= 4 is 5.95 Å². The van der Waals surface area contributed by atoms with Gasteiger partial charge in [0, 0.05) is 12.2 Å². The second-order valence-corrected chi connectivity index (χ2v) is 4.39. The van der Waals surface area contributed by atoms with Crippen LogP contribution >= 0.6 is 0 Å². The van der Waals surface area contributed by atoms with Crippen LogP contribution in [0.25, 0.3) is 5.95 Å². The van der Waals surface area contributed by atoms with Gasteiger partial charge < -0.3 is 10.1 Å². The zero-order valence-electron chi connectivity index (χ0n) is 12.3. The van der Waals surface area contributed by atoms with Gasteiger partial charge in [0.2, 0.25) is 11.9 Å². The molecule has 0 spiro atoms. The Morgan fingerprint density at radius 3 is 2.60 bits per heavy atom. The van der Waals surface area contributed by atoms with Crippen LogP contribution < -0.4 is 10.1 Å². The Balaban J connectivity index is 2.40. The van der Waals surface area contributed by atoms with E-state index in [-0.39, 0.29) is 0 Å². The number of nitrogens with zero attached hydrogens (tertiary/aromatic N) is 5. The van der Waals surface area contributed by atoms with Crippen molar-refractivity contribution in [1.29, 1.82) is 0 Å². The Hall–Kier alpha value is -2.18. The molecule has 0 aliphatic carbocycles. The zero-order valence-corrected chi connectivity index (χ0v) is 12.3. The predicted molar refractivity (Wildman–Crippen MR) is 76.4 cm³/mol. The Morgan fingerprint density at radius 1 is 1.20 bits per heavy atom. The second kappa shape index (κ2) is 6.31. The fourth-order valence-corrected chi connectivity index (χ4v) is 1.66. The number of hydrogen-bond donors (Lipinski definition) is 1. The lowest BCUT2D eigenvalue weighted by Crippen LogP contribution is -2.11. The standard InChI is InChI=1S/C13H20N6O/c1-5-7-14-11-16-12(18-13(17-11)20-6-2)19-8-15-9(3)10(19)4/h8H,5-7H2,1-4H3,(H,14,16,17,18). The highest BCUT2D eigenvalue weighted by molar-refractivity contribution is 5.32. The van der Waals surface area contributed by atoms with Gasteiger partial charge in [-0.1, -0.05) is 6.92 Å². The number of rotatable bonds is 6. The summed E-state index contributed by atoms with van der Waals surface area (Å²) in [5, 5.41) is 3.15. The first-order chi connectivity index (χ1) is 9.65. The lowest BCUT2D eigenvalue weighted by Gasteiger charge is -2.09. The summed E-state index contributed by atoms with van der Waals surface area (Å²) in [6.07, 6.45) is 2.70. The van der Waals surface area contributed by atoms with Crippen LogP contribution in [0.2, 0.25) is 0 Å². The molecule has 1 N–H and O–H groups in total. The first-order valence-electron chi connectivity index (χ1n) is 6.79. The first kappa shape index (κ1) is 14.2. The number of hydrogen-bond acceptors (Lipinski definition) is 6. The topological polar surface area (TPSA) is 77.8 Å². The summed E-state index contributed by atoms with van der Waals surface area (Å²) >= 11 is 0. The van der Waals surface area contributed by atoms with Crippen LogP contribution in [-0.4, -0.2) is 37.7 Å². The summed E-state index contributed by atoms with van der Waals surface area (Å²) in [7, 11) is 0. The van der Waals surface area contributed by atoms with Crippen molar-refractivity contribution in [3.8, 4) is 12.0 Å². The Bertz CT molecular complexity index is 580. The van der Waals surface area contributed by atoms with E-state index in [1.807, 2.05) is 25.3 Å². The maximum absolute atomic E-state index is 5.40. The molecule has 0 atom stereocenters. The maximum atomic E-state index is 5.40. The van der Waals surface area contributed by atoms with Crippen molar-refractivity contribution in [2.45, 2.75) is 34.1 Å². The third-order valence-corrected chi connectivity index (χ3v) is 2.88. The molecule has 0 fully saturated rings. The van der Waals surface area contributed by atoms with Crippen molar-refractivity contribution in [1.82, 2.24) is 24.5 Å². The molecule has 0 aliphatic rings. The van der Waals surface area contributed by atoms with Gasteiger partial charge in [-0.05, 0) is 27.2 Å². The number of aryl methyl sites for hydroxylation is 1. The van der Waals surface area contributed by atoms with Crippen molar-refractivity contribution in [2.75, 3.05) is 18.5 Å². The van der Waals surface area contributed by atoms with Gasteiger partial charge in [0.05, 0.1) is 12.3 Å². The number of ether oxygens (including phenoxy) is 1. The molecule has 0 unspecified atom stereocenters. The molecule has 0 bridgehead atoms. The molecule has 2 heterocycles. The molecule has 2 aromatic rings. The van der Waals surface area contributed by atoms with E-state index in [1.165, 1.54) is 0 Å². The Labute approximate surface area is 118 Å². The van der Waals surface area contributed by atoms with Gasteiger partial charge in [0.15, 0.2) is 0 Å². The third kappa shape index (κ3) is 3.04. The summed E-state index contributed by atoms with van der Waals surface area (Å²) in [5.74, 6) is 1.03. The van der Waals surface area contributed by atoms with Gasteiger partial charge in [0.1, 0.15) is 6.33 Å². The zero-order chi connectivity index (χ0) is 14.5. The highest BCUT2D eigenvalue weighted by Gasteiger charge is 2.11. The summed E-state index contributed by atoms with van der Waals surface area (Å²) in [6, 6.07) is 0.321. The molecule has 0 aliphatic heterocycles. The van der Waals surface area contributed by atoms with Crippen molar-refractivity contribution < 1.29 is 4.74 Å². The average Bonchev–Trinajstić information content (AvgIpc) is 2.77. The average molecular weight is 276 g/mol. The monoisotopic (exact) mass is 276 g/mol. The van der Waals surface area contributed by atoms with Crippen LogP contribution in [0.1, 0.15) is 31.7 Å². The highest BCUT2D eigenvalue weighted by Crippen LogP contribution is 2.14. The molecular weight excluding hydrogens is 256 g/mol. The van der Waals surface area contributed by atoms with Gasteiger partial charge in [0.25, 0.3) is 0 Å². The van der Waals surface area contributed by atoms with E-state index in [4.69, 9.17) is 4.74 Å². The van der Waals surface area contributed by atoms with Crippen LogP contribution in [0.5, 0.6) is 6.01 Å².